The number of hydrogen-bond acceptors (Lipinski definition) is 8. The van der Waals surface area contributed by atoms with Crippen LogP contribution in [0.2, 0.25) is 0 Å². The van der Waals surface area contributed by atoms with Gasteiger partial charge < -0.3 is 29.1 Å². The minimum atomic E-state index is -1.43. The molecule has 6 rings (SSSR count). The summed E-state index contributed by atoms with van der Waals surface area (Å²) in [5, 5.41) is 22.3. The van der Waals surface area contributed by atoms with Crippen molar-refractivity contribution in [1.82, 2.24) is 14.9 Å². The van der Waals surface area contributed by atoms with Gasteiger partial charge in [-0.1, -0.05) is 61.8 Å². The number of aliphatic hydroxyl groups is 1. The highest BCUT2D eigenvalue weighted by molar-refractivity contribution is 7.44. The Morgan fingerprint density at radius 2 is 1.53 bits per heavy atom. The summed E-state index contributed by atoms with van der Waals surface area (Å²) in [5.74, 6) is 2.57. The van der Waals surface area contributed by atoms with Crippen LogP contribution in [0.15, 0.2) is 0 Å². The molecule has 1 aliphatic heterocycles. The van der Waals surface area contributed by atoms with E-state index in [4.69, 9.17) is 19.0 Å². The number of alkyl carbamates (subject to hydrolysis) is 1. The third-order valence-electron chi connectivity index (χ3n) is 19.3. The van der Waals surface area contributed by atoms with E-state index in [0.717, 1.165) is 37.5 Å². The molecule has 0 aromatic carbocycles. The zero-order chi connectivity index (χ0) is 45.5. The molecule has 13 atom stereocenters. The Morgan fingerprint density at radius 1 is 0.855 bits per heavy atom. The molecule has 62 heavy (non-hydrogen) atoms. The molecule has 0 aromatic heterocycles. The van der Waals surface area contributed by atoms with Crippen molar-refractivity contribution in [3.8, 4) is 6.07 Å². The van der Waals surface area contributed by atoms with E-state index in [1.54, 1.807) is 4.90 Å². The fourth-order valence-corrected chi connectivity index (χ4v) is 17.2. The lowest BCUT2D eigenvalue weighted by atomic mass is 9.30. The molecule has 5 aliphatic carbocycles. The fraction of sp³-hybridized carbons (Fsp3) is 0.941. The van der Waals surface area contributed by atoms with Gasteiger partial charge in [0.05, 0.1) is 37.8 Å². The van der Waals surface area contributed by atoms with E-state index >= 15 is 0 Å². The molecule has 10 nitrogen and oxygen atoms in total. The standard InChI is InChI=1S/C51H89N4O6P/c1-35(2)55(36(3)4)62(59-30-16-28-52)61-39-31-38(34-56)54(33-39)44(57)17-14-13-15-29-53-45(58)60-40-18-19-41-48(9,37(40)5)21-20-42-49(41,10)25-27-51(12)43-32-46(6,7)22-23-47(43,8)24-26-50(42,51)11/h35-43,56H,13-27,29-34H2,1-12H3,(H,53,58)/t37-,38-,39+,40-,41+,42-,43+,47+,48+,49-,50+,51-,62?/m0/s1. The van der Waals surface area contributed by atoms with Gasteiger partial charge in [-0.3, -0.25) is 4.79 Å². The van der Waals surface area contributed by atoms with Gasteiger partial charge in [-0.25, -0.2) is 9.46 Å². The first-order chi connectivity index (χ1) is 29.1. The van der Waals surface area contributed by atoms with Crippen molar-refractivity contribution in [3.63, 3.8) is 0 Å². The number of fused-ring (bicyclic) bond motifs is 7. The van der Waals surface area contributed by atoms with Gasteiger partial charge in [-0.05, 0) is 174 Å². The highest BCUT2D eigenvalue weighted by atomic mass is 31.2. The van der Waals surface area contributed by atoms with Crippen molar-refractivity contribution in [2.75, 3.05) is 26.3 Å². The first kappa shape index (κ1) is 49.9. The normalized spacial score (nSPS) is 40.6. The summed E-state index contributed by atoms with van der Waals surface area (Å²) < 4.78 is 21.1. The van der Waals surface area contributed by atoms with Crippen LogP contribution in [0.4, 0.5) is 4.79 Å². The van der Waals surface area contributed by atoms with Crippen LogP contribution in [0.3, 0.4) is 0 Å². The minimum absolute atomic E-state index is 0.0224. The molecule has 354 valence electrons. The zero-order valence-electron chi connectivity index (χ0n) is 41.3. The monoisotopic (exact) mass is 885 g/mol. The first-order valence-electron chi connectivity index (χ1n) is 25.2. The van der Waals surface area contributed by atoms with Crippen LogP contribution in [-0.2, 0) is 18.6 Å². The molecular formula is C51H89N4O6P. The van der Waals surface area contributed by atoms with Gasteiger partial charge in [0, 0.05) is 31.6 Å². The number of unbranched alkanes of at least 4 members (excludes halogenated alkanes) is 2. The molecule has 0 aromatic rings. The summed E-state index contributed by atoms with van der Waals surface area (Å²) in [4.78, 5) is 28.4. The molecule has 2 amide bonds. The van der Waals surface area contributed by atoms with E-state index in [1.807, 2.05) is 0 Å². The lowest BCUT2D eigenvalue weighted by Gasteiger charge is -2.75. The number of nitrogens with zero attached hydrogens (tertiary/aromatic N) is 3. The molecule has 6 aliphatic rings. The second-order valence-electron chi connectivity index (χ2n) is 24.0. The third-order valence-corrected chi connectivity index (χ3v) is 21.5. The average Bonchev–Trinajstić information content (AvgIpc) is 3.62. The number of aliphatic hydroxyl groups excluding tert-OH is 1. The van der Waals surface area contributed by atoms with Crippen LogP contribution in [-0.4, -0.2) is 83.3 Å². The zero-order valence-corrected chi connectivity index (χ0v) is 42.2. The average molecular weight is 885 g/mol. The number of nitriles is 1. The smallest absolute Gasteiger partial charge is 0.407 e. The van der Waals surface area contributed by atoms with E-state index in [-0.39, 0.29) is 60.8 Å². The quantitative estimate of drug-likeness (QED) is 0.116. The van der Waals surface area contributed by atoms with Gasteiger partial charge >= 0.3 is 6.09 Å². The Kier molecular flexibility index (Phi) is 15.6. The second kappa shape index (κ2) is 19.4. The van der Waals surface area contributed by atoms with E-state index in [1.165, 1.54) is 57.8 Å². The number of carbonyl (C=O) groups is 2. The van der Waals surface area contributed by atoms with Crippen LogP contribution in [0, 0.1) is 67.5 Å². The molecule has 1 heterocycles. The van der Waals surface area contributed by atoms with Crippen LogP contribution >= 0.6 is 8.53 Å². The lowest BCUT2D eigenvalue weighted by Crippen LogP contribution is -2.68. The number of nitrogens with one attached hydrogen (secondary N) is 1. The molecule has 0 bridgehead atoms. The lowest BCUT2D eigenvalue weighted by molar-refractivity contribution is -0.263. The van der Waals surface area contributed by atoms with Gasteiger partial charge in [0.1, 0.15) is 6.10 Å². The molecule has 5 saturated carbocycles. The van der Waals surface area contributed by atoms with Gasteiger partial charge in [0.2, 0.25) is 5.91 Å². The topological polar surface area (TPSA) is 124 Å². The Labute approximate surface area is 379 Å². The summed E-state index contributed by atoms with van der Waals surface area (Å²) in [6, 6.07) is 2.22. The summed E-state index contributed by atoms with van der Waals surface area (Å²) in [6.07, 6.45) is 17.2. The fourth-order valence-electron chi connectivity index (χ4n) is 15.4. The van der Waals surface area contributed by atoms with E-state index in [2.05, 4.69) is 99.1 Å². The first-order valence-corrected chi connectivity index (χ1v) is 26.3. The third kappa shape index (κ3) is 9.52. The molecule has 0 spiro atoms. The number of likely N-dealkylation sites (tertiary alicyclic amines) is 1. The molecule has 2 N–H and O–H groups in total. The maximum absolute atomic E-state index is 13.4. The highest BCUT2D eigenvalue weighted by Crippen LogP contribution is 2.78. The van der Waals surface area contributed by atoms with Crippen LogP contribution in [0.25, 0.3) is 0 Å². The van der Waals surface area contributed by atoms with Crippen molar-refractivity contribution in [3.05, 3.63) is 0 Å². The summed E-state index contributed by atoms with van der Waals surface area (Å²) in [5.41, 5.74) is 2.21. The van der Waals surface area contributed by atoms with Crippen LogP contribution < -0.4 is 5.32 Å². The van der Waals surface area contributed by atoms with Crippen molar-refractivity contribution >= 4 is 20.5 Å². The van der Waals surface area contributed by atoms with Crippen molar-refractivity contribution < 1.29 is 28.5 Å². The Bertz CT molecular complexity index is 1600. The second-order valence-corrected chi connectivity index (χ2v) is 25.4. The number of carbonyl (C=O) groups excluding carboxylic acids is 2. The Morgan fingerprint density at radius 3 is 2.21 bits per heavy atom. The summed E-state index contributed by atoms with van der Waals surface area (Å²) in [6.45, 7) is 30.4. The van der Waals surface area contributed by atoms with E-state index < -0.39 is 8.53 Å². The van der Waals surface area contributed by atoms with E-state index in [9.17, 15) is 14.7 Å². The molecular weight excluding hydrogens is 796 g/mol. The predicted molar refractivity (Wildman–Crippen MR) is 249 cm³/mol. The highest BCUT2D eigenvalue weighted by Gasteiger charge is 2.71. The van der Waals surface area contributed by atoms with Crippen molar-refractivity contribution in [1.29, 1.82) is 5.26 Å². The summed E-state index contributed by atoms with van der Waals surface area (Å²) in [7, 11) is -1.43. The summed E-state index contributed by atoms with van der Waals surface area (Å²) >= 11 is 0. The number of rotatable bonds is 16. The maximum atomic E-state index is 13.4. The van der Waals surface area contributed by atoms with Crippen LogP contribution in [0.5, 0.6) is 0 Å². The van der Waals surface area contributed by atoms with Crippen molar-refractivity contribution in [2.45, 2.75) is 223 Å². The maximum Gasteiger partial charge on any atom is 0.407 e. The predicted octanol–water partition coefficient (Wildman–Crippen LogP) is 11.8. The molecule has 0 radical (unpaired) electrons. The Balaban J connectivity index is 0.950. The molecule has 6 fully saturated rings. The van der Waals surface area contributed by atoms with E-state index in [0.29, 0.717) is 77.9 Å². The van der Waals surface area contributed by atoms with Gasteiger partial charge in [0.15, 0.2) is 0 Å². The number of hydrogen-bond donors (Lipinski definition) is 2. The number of ether oxygens (including phenoxy) is 1. The molecule has 1 unspecified atom stereocenters. The number of amides is 2. The molecule has 1 saturated heterocycles. The largest absolute Gasteiger partial charge is 0.446 e. The van der Waals surface area contributed by atoms with Crippen molar-refractivity contribution in [2.24, 2.45) is 56.2 Å². The Hall–Kier alpha value is -1.50. The van der Waals surface area contributed by atoms with Gasteiger partial charge in [-0.2, -0.15) is 5.26 Å². The van der Waals surface area contributed by atoms with Gasteiger partial charge in [-0.15, -0.1) is 0 Å². The van der Waals surface area contributed by atoms with Gasteiger partial charge in [0.25, 0.3) is 8.53 Å². The molecule has 11 heteroatoms. The van der Waals surface area contributed by atoms with Crippen LogP contribution in [0.1, 0.15) is 192 Å². The SMILES string of the molecule is CC(C)N(C(C)C)P(OCCC#N)O[C@@H]1C[C@@H](CO)N(C(=O)CCCCCNC(=O)O[C@H]2CC[C@@H]3[C@](C)(CC[C@H]4[C@@]3(C)CC[C@@]3(C)[C@@H]5CC(C)(C)CC[C@]5(C)CC[C@]43C)[C@H]2C)C1. The minimum Gasteiger partial charge on any atom is -0.446 e.